The first-order valence-electron chi connectivity index (χ1n) is 7.29. The van der Waals surface area contributed by atoms with Gasteiger partial charge in [0.05, 0.1) is 11.4 Å². The molecule has 2 N–H and O–H groups in total. The largest absolute Gasteiger partial charge is 0.385 e. The van der Waals surface area contributed by atoms with Crippen molar-refractivity contribution < 1.29 is 4.74 Å². The first kappa shape index (κ1) is 16.1. The van der Waals surface area contributed by atoms with Crippen molar-refractivity contribution in [2.75, 3.05) is 20.3 Å². The van der Waals surface area contributed by atoms with Gasteiger partial charge in [0.1, 0.15) is 0 Å². The van der Waals surface area contributed by atoms with Crippen LogP contribution in [0.4, 0.5) is 0 Å². The van der Waals surface area contributed by atoms with Crippen molar-refractivity contribution >= 4 is 0 Å². The van der Waals surface area contributed by atoms with E-state index in [9.17, 15) is 0 Å². The first-order chi connectivity index (χ1) is 9.19. The molecule has 0 saturated carbocycles. The zero-order chi connectivity index (χ0) is 14.1. The Bertz CT molecular complexity index is 349. The number of nitrogens with two attached hydrogens (primary N) is 1. The highest BCUT2D eigenvalue weighted by Crippen LogP contribution is 2.13. The predicted molar refractivity (Wildman–Crippen MR) is 77.0 cm³/mol. The molecule has 1 aromatic heterocycles. The van der Waals surface area contributed by atoms with Crippen LogP contribution in [0, 0.1) is 5.92 Å². The number of methoxy groups -OCH3 is 1. The normalized spacial score (nSPS) is 11.4. The van der Waals surface area contributed by atoms with Crippen LogP contribution in [-0.2, 0) is 24.1 Å². The minimum Gasteiger partial charge on any atom is -0.385 e. The molecule has 110 valence electrons. The Morgan fingerprint density at radius 2 is 2.05 bits per heavy atom. The van der Waals surface area contributed by atoms with E-state index in [0.29, 0.717) is 12.5 Å². The molecule has 5 heteroatoms. The van der Waals surface area contributed by atoms with Crippen LogP contribution in [0.2, 0.25) is 0 Å². The molecule has 0 unspecified atom stereocenters. The summed E-state index contributed by atoms with van der Waals surface area (Å²) in [5, 5.41) is 8.57. The summed E-state index contributed by atoms with van der Waals surface area (Å²) >= 11 is 0. The Labute approximate surface area is 116 Å². The molecule has 1 aromatic rings. The van der Waals surface area contributed by atoms with Crippen LogP contribution < -0.4 is 5.73 Å². The van der Waals surface area contributed by atoms with E-state index in [2.05, 4.69) is 28.8 Å². The maximum Gasteiger partial charge on any atom is 0.0871 e. The standard InChI is InChI=1S/C14H28N4O/c1-12(2)6-7-14-13(8-9-15)16-17-18(14)10-4-5-11-19-3/h12H,4-11,15H2,1-3H3. The zero-order valence-electron chi connectivity index (χ0n) is 12.6. The lowest BCUT2D eigenvalue weighted by Gasteiger charge is -2.09. The summed E-state index contributed by atoms with van der Waals surface area (Å²) in [5.41, 5.74) is 7.99. The van der Waals surface area contributed by atoms with Crippen molar-refractivity contribution in [3.8, 4) is 0 Å². The topological polar surface area (TPSA) is 66.0 Å². The SMILES string of the molecule is COCCCCn1nnc(CCN)c1CCC(C)C. The van der Waals surface area contributed by atoms with Gasteiger partial charge in [-0.25, -0.2) is 4.68 Å². The molecule has 0 spiro atoms. The molecule has 0 radical (unpaired) electrons. The number of ether oxygens (including phenoxy) is 1. The number of aromatic nitrogens is 3. The number of nitrogens with zero attached hydrogens (tertiary/aromatic N) is 3. The molecule has 0 saturated heterocycles. The van der Waals surface area contributed by atoms with E-state index >= 15 is 0 Å². The molecule has 0 amide bonds. The van der Waals surface area contributed by atoms with Crippen LogP contribution in [0.15, 0.2) is 0 Å². The third kappa shape index (κ3) is 5.70. The number of hydrogen-bond donors (Lipinski definition) is 1. The van der Waals surface area contributed by atoms with Crippen molar-refractivity contribution in [3.63, 3.8) is 0 Å². The monoisotopic (exact) mass is 268 g/mol. The highest BCUT2D eigenvalue weighted by atomic mass is 16.5. The summed E-state index contributed by atoms with van der Waals surface area (Å²) in [7, 11) is 1.74. The number of unbranched alkanes of at least 4 members (excludes halogenated alkanes) is 1. The molecule has 19 heavy (non-hydrogen) atoms. The maximum absolute atomic E-state index is 5.64. The molecule has 0 fully saturated rings. The van der Waals surface area contributed by atoms with Crippen LogP contribution in [0.3, 0.4) is 0 Å². The van der Waals surface area contributed by atoms with Crippen LogP contribution in [-0.4, -0.2) is 35.3 Å². The second-order valence-electron chi connectivity index (χ2n) is 5.38. The molecule has 5 nitrogen and oxygen atoms in total. The third-order valence-electron chi connectivity index (χ3n) is 3.23. The fraction of sp³-hybridized carbons (Fsp3) is 0.857. The van der Waals surface area contributed by atoms with Gasteiger partial charge in [-0.1, -0.05) is 19.1 Å². The van der Waals surface area contributed by atoms with Crippen LogP contribution in [0.25, 0.3) is 0 Å². The number of rotatable bonds is 10. The van der Waals surface area contributed by atoms with Crippen molar-refractivity contribution in [2.45, 2.75) is 52.5 Å². The molecule has 0 aromatic carbocycles. The molecule has 0 aliphatic rings. The minimum atomic E-state index is 0.636. The third-order valence-corrected chi connectivity index (χ3v) is 3.23. The maximum atomic E-state index is 5.64. The minimum absolute atomic E-state index is 0.636. The van der Waals surface area contributed by atoms with Crippen molar-refractivity contribution in [1.29, 1.82) is 0 Å². The molecule has 0 atom stereocenters. The summed E-state index contributed by atoms with van der Waals surface area (Å²) in [5.74, 6) is 0.697. The summed E-state index contributed by atoms with van der Waals surface area (Å²) < 4.78 is 7.13. The Balaban J connectivity index is 2.61. The van der Waals surface area contributed by atoms with Gasteiger partial charge in [0.15, 0.2) is 0 Å². The molecule has 0 aliphatic carbocycles. The fourth-order valence-corrected chi connectivity index (χ4v) is 2.09. The van der Waals surface area contributed by atoms with Crippen LogP contribution in [0.1, 0.15) is 44.5 Å². The molecular weight excluding hydrogens is 240 g/mol. The molecule has 0 aliphatic heterocycles. The van der Waals surface area contributed by atoms with Gasteiger partial charge in [-0.3, -0.25) is 0 Å². The van der Waals surface area contributed by atoms with Crippen molar-refractivity contribution in [2.24, 2.45) is 11.7 Å². The highest BCUT2D eigenvalue weighted by molar-refractivity contribution is 5.11. The number of hydrogen-bond acceptors (Lipinski definition) is 4. The van der Waals surface area contributed by atoms with E-state index < -0.39 is 0 Å². The van der Waals surface area contributed by atoms with E-state index in [0.717, 1.165) is 44.5 Å². The number of aryl methyl sites for hydroxylation is 1. The molecule has 1 heterocycles. The highest BCUT2D eigenvalue weighted by Gasteiger charge is 2.12. The van der Waals surface area contributed by atoms with E-state index in [-0.39, 0.29) is 0 Å². The summed E-state index contributed by atoms with van der Waals surface area (Å²) in [6, 6.07) is 0. The average Bonchev–Trinajstić information content (AvgIpc) is 2.75. The average molecular weight is 268 g/mol. The second-order valence-corrected chi connectivity index (χ2v) is 5.38. The first-order valence-corrected chi connectivity index (χ1v) is 7.29. The Morgan fingerprint density at radius 3 is 2.68 bits per heavy atom. The zero-order valence-corrected chi connectivity index (χ0v) is 12.6. The molecule has 1 rings (SSSR count). The predicted octanol–water partition coefficient (Wildman–Crippen LogP) is 1.79. The van der Waals surface area contributed by atoms with Gasteiger partial charge < -0.3 is 10.5 Å². The molecule has 0 bridgehead atoms. The van der Waals surface area contributed by atoms with E-state index in [1.807, 2.05) is 0 Å². The molecular formula is C14H28N4O. The summed E-state index contributed by atoms with van der Waals surface area (Å²) in [4.78, 5) is 0. The van der Waals surface area contributed by atoms with Gasteiger partial charge in [0, 0.05) is 26.7 Å². The van der Waals surface area contributed by atoms with E-state index in [4.69, 9.17) is 10.5 Å². The second kappa shape index (κ2) is 9.04. The summed E-state index contributed by atoms with van der Waals surface area (Å²) in [6.07, 6.45) is 5.18. The lowest BCUT2D eigenvalue weighted by atomic mass is 10.0. The lowest BCUT2D eigenvalue weighted by molar-refractivity contribution is 0.190. The van der Waals surface area contributed by atoms with Crippen molar-refractivity contribution in [3.05, 3.63) is 11.4 Å². The lowest BCUT2D eigenvalue weighted by Crippen LogP contribution is -2.10. The Morgan fingerprint density at radius 1 is 1.26 bits per heavy atom. The Hall–Kier alpha value is -0.940. The van der Waals surface area contributed by atoms with Crippen molar-refractivity contribution in [1.82, 2.24) is 15.0 Å². The van der Waals surface area contributed by atoms with E-state index in [1.54, 1.807) is 7.11 Å². The van der Waals surface area contributed by atoms with Gasteiger partial charge in [-0.05, 0) is 38.1 Å². The van der Waals surface area contributed by atoms with Crippen LogP contribution in [0.5, 0.6) is 0 Å². The van der Waals surface area contributed by atoms with Gasteiger partial charge in [0.25, 0.3) is 0 Å². The Kier molecular flexibility index (Phi) is 7.67. The summed E-state index contributed by atoms with van der Waals surface area (Å²) in [6.45, 7) is 6.86. The smallest absolute Gasteiger partial charge is 0.0871 e. The quantitative estimate of drug-likeness (QED) is 0.657. The fourth-order valence-electron chi connectivity index (χ4n) is 2.09. The van der Waals surface area contributed by atoms with Gasteiger partial charge in [-0.15, -0.1) is 5.10 Å². The van der Waals surface area contributed by atoms with Gasteiger partial charge >= 0.3 is 0 Å². The van der Waals surface area contributed by atoms with E-state index in [1.165, 1.54) is 12.1 Å². The van der Waals surface area contributed by atoms with Crippen LogP contribution >= 0.6 is 0 Å². The van der Waals surface area contributed by atoms with Gasteiger partial charge in [-0.2, -0.15) is 0 Å². The van der Waals surface area contributed by atoms with Gasteiger partial charge in [0.2, 0.25) is 0 Å².